The molecule has 6 nitrogen and oxygen atoms in total. The van der Waals surface area contributed by atoms with Crippen molar-refractivity contribution in [2.45, 2.75) is 19.1 Å². The van der Waals surface area contributed by atoms with Crippen molar-refractivity contribution in [3.05, 3.63) is 23.8 Å². The number of benzene rings is 1. The van der Waals surface area contributed by atoms with Crippen LogP contribution in [0.5, 0.6) is 11.5 Å². The van der Waals surface area contributed by atoms with Crippen molar-refractivity contribution in [1.82, 2.24) is 5.32 Å². The molecular formula is C13H20N2O4. The molecule has 0 bridgehead atoms. The van der Waals surface area contributed by atoms with Gasteiger partial charge in [0.2, 0.25) is 0 Å². The van der Waals surface area contributed by atoms with E-state index in [0.29, 0.717) is 17.1 Å². The highest BCUT2D eigenvalue weighted by atomic mass is 16.5. The first-order valence-corrected chi connectivity index (χ1v) is 5.93. The Morgan fingerprint density at radius 2 is 2.00 bits per heavy atom. The normalized spacial score (nSPS) is 13.5. The lowest BCUT2D eigenvalue weighted by Gasteiger charge is -2.15. The van der Waals surface area contributed by atoms with E-state index in [9.17, 15) is 9.90 Å². The highest BCUT2D eigenvalue weighted by Crippen LogP contribution is 2.27. The summed E-state index contributed by atoms with van der Waals surface area (Å²) in [5.41, 5.74) is 6.08. The minimum atomic E-state index is -0.675. The molecule has 0 spiro atoms. The second-order valence-electron chi connectivity index (χ2n) is 4.18. The second kappa shape index (κ2) is 6.96. The second-order valence-corrected chi connectivity index (χ2v) is 4.18. The zero-order chi connectivity index (χ0) is 14.4. The van der Waals surface area contributed by atoms with Crippen molar-refractivity contribution in [3.8, 4) is 11.5 Å². The molecule has 106 valence electrons. The van der Waals surface area contributed by atoms with Gasteiger partial charge in [-0.3, -0.25) is 4.79 Å². The first-order chi connectivity index (χ1) is 8.99. The van der Waals surface area contributed by atoms with Crippen molar-refractivity contribution >= 4 is 5.91 Å². The van der Waals surface area contributed by atoms with Crippen molar-refractivity contribution < 1.29 is 19.4 Å². The summed E-state index contributed by atoms with van der Waals surface area (Å²) in [6.45, 7) is 1.78. The van der Waals surface area contributed by atoms with E-state index in [1.807, 2.05) is 0 Å². The standard InChI is InChI=1S/C13H20N2O4/c1-8(16)10(14)7-15-13(17)9-4-5-11(18-2)12(6-9)19-3/h4-6,8,10,16H,7,14H2,1-3H3,(H,15,17). The third kappa shape index (κ3) is 4.11. The fraction of sp³-hybridized carbons (Fsp3) is 0.462. The number of ether oxygens (including phenoxy) is 2. The smallest absolute Gasteiger partial charge is 0.251 e. The Morgan fingerprint density at radius 3 is 2.53 bits per heavy atom. The van der Waals surface area contributed by atoms with Gasteiger partial charge in [0.1, 0.15) is 0 Å². The van der Waals surface area contributed by atoms with E-state index in [0.717, 1.165) is 0 Å². The Morgan fingerprint density at radius 1 is 1.37 bits per heavy atom. The highest BCUT2D eigenvalue weighted by Gasteiger charge is 2.13. The summed E-state index contributed by atoms with van der Waals surface area (Å²) in [4.78, 5) is 11.9. The lowest BCUT2D eigenvalue weighted by atomic mass is 10.1. The maximum absolute atomic E-state index is 11.9. The van der Waals surface area contributed by atoms with Crippen LogP contribution in [-0.4, -0.2) is 43.9 Å². The Hall–Kier alpha value is -1.79. The summed E-state index contributed by atoms with van der Waals surface area (Å²) in [7, 11) is 3.03. The van der Waals surface area contributed by atoms with Crippen LogP contribution < -0.4 is 20.5 Å². The molecule has 0 saturated carbocycles. The number of amides is 1. The molecule has 4 N–H and O–H groups in total. The lowest BCUT2D eigenvalue weighted by molar-refractivity contribution is 0.0937. The van der Waals surface area contributed by atoms with Crippen LogP contribution in [0.2, 0.25) is 0 Å². The van der Waals surface area contributed by atoms with Gasteiger partial charge in [-0.25, -0.2) is 0 Å². The van der Waals surface area contributed by atoms with E-state index in [-0.39, 0.29) is 12.5 Å². The van der Waals surface area contributed by atoms with Crippen molar-refractivity contribution in [1.29, 1.82) is 0 Å². The molecule has 19 heavy (non-hydrogen) atoms. The quantitative estimate of drug-likeness (QED) is 0.682. The van der Waals surface area contributed by atoms with Crippen LogP contribution >= 0.6 is 0 Å². The Labute approximate surface area is 112 Å². The third-order valence-corrected chi connectivity index (χ3v) is 2.76. The average Bonchev–Trinajstić information content (AvgIpc) is 2.43. The summed E-state index contributed by atoms with van der Waals surface area (Å²) in [5, 5.41) is 11.9. The fourth-order valence-electron chi connectivity index (χ4n) is 1.46. The van der Waals surface area contributed by atoms with Gasteiger partial charge in [-0.05, 0) is 25.1 Å². The summed E-state index contributed by atoms with van der Waals surface area (Å²) in [6.07, 6.45) is -0.675. The molecule has 6 heteroatoms. The number of nitrogens with two attached hydrogens (primary N) is 1. The number of carbonyl (C=O) groups is 1. The molecule has 0 fully saturated rings. The van der Waals surface area contributed by atoms with Crippen molar-refractivity contribution in [2.75, 3.05) is 20.8 Å². The molecule has 1 rings (SSSR count). The predicted octanol–water partition coefficient (Wildman–Crippen LogP) is 0.142. The monoisotopic (exact) mass is 268 g/mol. The molecule has 0 heterocycles. The fourth-order valence-corrected chi connectivity index (χ4v) is 1.46. The van der Waals surface area contributed by atoms with Gasteiger partial charge in [-0.2, -0.15) is 0 Å². The minimum Gasteiger partial charge on any atom is -0.493 e. The van der Waals surface area contributed by atoms with Gasteiger partial charge in [0.25, 0.3) is 5.91 Å². The van der Waals surface area contributed by atoms with Crippen LogP contribution in [0.1, 0.15) is 17.3 Å². The molecule has 2 atom stereocenters. The molecule has 1 amide bonds. The molecule has 0 aliphatic carbocycles. The van der Waals surface area contributed by atoms with Gasteiger partial charge in [0.15, 0.2) is 11.5 Å². The number of hydrogen-bond donors (Lipinski definition) is 3. The van der Waals surface area contributed by atoms with Crippen molar-refractivity contribution in [3.63, 3.8) is 0 Å². The number of hydrogen-bond acceptors (Lipinski definition) is 5. The van der Waals surface area contributed by atoms with E-state index in [2.05, 4.69) is 5.32 Å². The molecule has 2 unspecified atom stereocenters. The van der Waals surface area contributed by atoms with Crippen LogP contribution in [0.3, 0.4) is 0 Å². The van der Waals surface area contributed by atoms with Gasteiger partial charge >= 0.3 is 0 Å². The minimum absolute atomic E-state index is 0.199. The molecule has 1 aromatic rings. The molecule has 0 saturated heterocycles. The van der Waals surface area contributed by atoms with E-state index < -0.39 is 12.1 Å². The van der Waals surface area contributed by atoms with E-state index in [1.165, 1.54) is 14.2 Å². The maximum Gasteiger partial charge on any atom is 0.251 e. The molecule has 0 aliphatic heterocycles. The Bertz CT molecular complexity index is 435. The highest BCUT2D eigenvalue weighted by molar-refractivity contribution is 5.94. The van der Waals surface area contributed by atoms with E-state index in [4.69, 9.17) is 15.2 Å². The maximum atomic E-state index is 11.9. The number of methoxy groups -OCH3 is 2. The van der Waals surface area contributed by atoms with Gasteiger partial charge in [0, 0.05) is 18.2 Å². The van der Waals surface area contributed by atoms with Gasteiger partial charge in [-0.15, -0.1) is 0 Å². The van der Waals surface area contributed by atoms with Crippen LogP contribution in [0.4, 0.5) is 0 Å². The molecule has 0 radical (unpaired) electrons. The topological polar surface area (TPSA) is 93.8 Å². The SMILES string of the molecule is COc1ccc(C(=O)NCC(N)C(C)O)cc1OC. The van der Waals surface area contributed by atoms with Gasteiger partial charge in [-0.1, -0.05) is 0 Å². The summed E-state index contributed by atoms with van der Waals surface area (Å²) in [5.74, 6) is 0.756. The summed E-state index contributed by atoms with van der Waals surface area (Å²) >= 11 is 0. The number of aliphatic hydroxyl groups is 1. The van der Waals surface area contributed by atoms with Crippen molar-refractivity contribution in [2.24, 2.45) is 5.73 Å². The number of rotatable bonds is 6. The largest absolute Gasteiger partial charge is 0.493 e. The summed E-state index contributed by atoms with van der Waals surface area (Å²) < 4.78 is 10.2. The van der Waals surface area contributed by atoms with Gasteiger partial charge in [0.05, 0.1) is 20.3 Å². The van der Waals surface area contributed by atoms with Crippen LogP contribution in [0, 0.1) is 0 Å². The molecular weight excluding hydrogens is 248 g/mol. The molecule has 0 aromatic heterocycles. The number of nitrogens with one attached hydrogen (secondary N) is 1. The number of aliphatic hydroxyl groups excluding tert-OH is 1. The predicted molar refractivity (Wildman–Crippen MR) is 71.5 cm³/mol. The lowest BCUT2D eigenvalue weighted by Crippen LogP contribution is -2.43. The van der Waals surface area contributed by atoms with E-state index in [1.54, 1.807) is 25.1 Å². The van der Waals surface area contributed by atoms with Crippen LogP contribution in [0.25, 0.3) is 0 Å². The molecule has 1 aromatic carbocycles. The van der Waals surface area contributed by atoms with Crippen LogP contribution in [-0.2, 0) is 0 Å². The average molecular weight is 268 g/mol. The zero-order valence-electron chi connectivity index (χ0n) is 11.3. The third-order valence-electron chi connectivity index (χ3n) is 2.76. The summed E-state index contributed by atoms with van der Waals surface area (Å²) in [6, 6.07) is 4.37. The zero-order valence-corrected chi connectivity index (χ0v) is 11.3. The Kier molecular flexibility index (Phi) is 5.59. The number of carbonyl (C=O) groups excluding carboxylic acids is 1. The van der Waals surface area contributed by atoms with E-state index >= 15 is 0 Å². The first-order valence-electron chi connectivity index (χ1n) is 5.93. The first kappa shape index (κ1) is 15.3. The van der Waals surface area contributed by atoms with Crippen LogP contribution in [0.15, 0.2) is 18.2 Å². The molecule has 0 aliphatic rings. The Balaban J connectivity index is 2.72. The van der Waals surface area contributed by atoms with Gasteiger partial charge < -0.3 is 25.6 Å².